The minimum absolute atomic E-state index is 0.276. The molecule has 0 radical (unpaired) electrons. The van der Waals surface area contributed by atoms with Crippen LogP contribution in [0.2, 0.25) is 0 Å². The smallest absolute Gasteiger partial charge is 0.218 e. The Morgan fingerprint density at radius 3 is 3.06 bits per heavy atom. The number of nitrogens with zero attached hydrogens (tertiary/aromatic N) is 2. The molecule has 0 bridgehead atoms. The molecule has 4 nitrogen and oxygen atoms in total. The summed E-state index contributed by atoms with van der Waals surface area (Å²) in [6.45, 7) is 2.12. The van der Waals surface area contributed by atoms with Gasteiger partial charge in [0.2, 0.25) is 5.91 Å². The van der Waals surface area contributed by atoms with E-state index in [9.17, 15) is 4.79 Å². The third-order valence-electron chi connectivity index (χ3n) is 2.28. The second-order valence-corrected chi connectivity index (χ2v) is 5.73. The van der Waals surface area contributed by atoms with Gasteiger partial charge in [-0.1, -0.05) is 6.92 Å². The van der Waals surface area contributed by atoms with Crippen molar-refractivity contribution >= 4 is 39.2 Å². The van der Waals surface area contributed by atoms with Crippen LogP contribution in [0.15, 0.2) is 17.4 Å². The minimum atomic E-state index is -0.276. The molecule has 0 spiro atoms. The normalized spacial score (nSPS) is 10.9. The van der Waals surface area contributed by atoms with Crippen LogP contribution in [0.5, 0.6) is 0 Å². The van der Waals surface area contributed by atoms with E-state index in [1.807, 2.05) is 0 Å². The van der Waals surface area contributed by atoms with Crippen molar-refractivity contribution in [2.24, 2.45) is 5.73 Å². The number of aromatic nitrogens is 2. The van der Waals surface area contributed by atoms with Gasteiger partial charge in [-0.05, 0) is 12.5 Å². The molecule has 0 atom stereocenters. The van der Waals surface area contributed by atoms with Gasteiger partial charge in [-0.2, -0.15) is 0 Å². The molecule has 2 aromatic rings. The predicted molar refractivity (Wildman–Crippen MR) is 71.3 cm³/mol. The predicted octanol–water partition coefficient (Wildman–Crippen LogP) is 2.22. The zero-order valence-electron chi connectivity index (χ0n) is 9.47. The molecule has 1 amide bonds. The van der Waals surface area contributed by atoms with Gasteiger partial charge >= 0.3 is 0 Å². The molecule has 2 rings (SSSR count). The minimum Gasteiger partial charge on any atom is -0.370 e. The van der Waals surface area contributed by atoms with Gasteiger partial charge in [0, 0.05) is 22.4 Å². The SMILES string of the molecule is CCc1cc2c(SCCC(N)=O)ncnc2s1. The van der Waals surface area contributed by atoms with Crippen molar-refractivity contribution in [3.05, 3.63) is 17.3 Å². The number of carbonyl (C=O) groups excluding carboxylic acids is 1. The van der Waals surface area contributed by atoms with Crippen LogP contribution in [0, 0.1) is 0 Å². The number of rotatable bonds is 5. The molecule has 6 heteroatoms. The highest BCUT2D eigenvalue weighted by Gasteiger charge is 2.08. The summed E-state index contributed by atoms with van der Waals surface area (Å²) in [4.78, 5) is 21.5. The fraction of sp³-hybridized carbons (Fsp3) is 0.364. The largest absolute Gasteiger partial charge is 0.370 e. The van der Waals surface area contributed by atoms with Crippen LogP contribution < -0.4 is 5.73 Å². The van der Waals surface area contributed by atoms with Gasteiger partial charge in [0.15, 0.2) is 0 Å². The average Bonchev–Trinajstić information content (AvgIpc) is 2.72. The standard InChI is InChI=1S/C11H13N3OS2/c1-2-7-5-8-10(16-4-3-9(12)15)13-6-14-11(8)17-7/h5-6H,2-4H2,1H3,(H2,12,15). The number of fused-ring (bicyclic) bond motifs is 1. The van der Waals surface area contributed by atoms with Gasteiger partial charge in [0.25, 0.3) is 0 Å². The molecule has 2 heterocycles. The number of hydrogen-bond acceptors (Lipinski definition) is 5. The first-order valence-electron chi connectivity index (χ1n) is 5.35. The Morgan fingerprint density at radius 1 is 1.53 bits per heavy atom. The lowest BCUT2D eigenvalue weighted by Gasteiger charge is -1.99. The summed E-state index contributed by atoms with van der Waals surface area (Å²) >= 11 is 3.25. The third kappa shape index (κ3) is 2.95. The molecule has 0 aliphatic heterocycles. The van der Waals surface area contributed by atoms with E-state index in [4.69, 9.17) is 5.73 Å². The highest BCUT2D eigenvalue weighted by Crippen LogP contribution is 2.30. The van der Waals surface area contributed by atoms with Crippen LogP contribution >= 0.6 is 23.1 Å². The maximum absolute atomic E-state index is 10.7. The quantitative estimate of drug-likeness (QED) is 0.666. The molecule has 0 aromatic carbocycles. The molecular formula is C11H13N3OS2. The Balaban J connectivity index is 2.21. The highest BCUT2D eigenvalue weighted by molar-refractivity contribution is 7.99. The number of amides is 1. The number of thiophene rings is 1. The molecule has 0 aliphatic carbocycles. The van der Waals surface area contributed by atoms with Crippen molar-refractivity contribution in [2.75, 3.05) is 5.75 Å². The molecule has 2 N–H and O–H groups in total. The van der Waals surface area contributed by atoms with Crippen molar-refractivity contribution < 1.29 is 4.79 Å². The Bertz CT molecular complexity index is 538. The summed E-state index contributed by atoms with van der Waals surface area (Å²) < 4.78 is 0. The molecule has 0 saturated heterocycles. The van der Waals surface area contributed by atoms with Crippen LogP contribution in [0.1, 0.15) is 18.2 Å². The summed E-state index contributed by atoms with van der Waals surface area (Å²) in [5.41, 5.74) is 5.11. The first-order valence-corrected chi connectivity index (χ1v) is 7.15. The fourth-order valence-corrected chi connectivity index (χ4v) is 3.35. The number of aryl methyl sites for hydroxylation is 1. The highest BCUT2D eigenvalue weighted by atomic mass is 32.2. The van der Waals surface area contributed by atoms with E-state index in [1.54, 1.807) is 29.4 Å². The van der Waals surface area contributed by atoms with E-state index < -0.39 is 0 Å². The number of thioether (sulfide) groups is 1. The van der Waals surface area contributed by atoms with E-state index in [0.29, 0.717) is 12.2 Å². The van der Waals surface area contributed by atoms with Crippen LogP contribution in [0.4, 0.5) is 0 Å². The van der Waals surface area contributed by atoms with Crippen molar-refractivity contribution in [1.82, 2.24) is 9.97 Å². The zero-order chi connectivity index (χ0) is 12.3. The maximum Gasteiger partial charge on any atom is 0.218 e. The topological polar surface area (TPSA) is 68.9 Å². The molecule has 0 fully saturated rings. The summed E-state index contributed by atoms with van der Waals surface area (Å²) in [6.07, 6.45) is 2.96. The lowest BCUT2D eigenvalue weighted by molar-refractivity contribution is -0.117. The summed E-state index contributed by atoms with van der Waals surface area (Å²) in [5.74, 6) is 0.390. The van der Waals surface area contributed by atoms with E-state index in [-0.39, 0.29) is 5.91 Å². The third-order valence-corrected chi connectivity index (χ3v) is 4.47. The number of hydrogen-bond donors (Lipinski definition) is 1. The first kappa shape index (κ1) is 12.3. The van der Waals surface area contributed by atoms with Gasteiger partial charge < -0.3 is 5.73 Å². The lowest BCUT2D eigenvalue weighted by atomic mass is 10.3. The van der Waals surface area contributed by atoms with Crippen LogP contribution in [0.3, 0.4) is 0 Å². The maximum atomic E-state index is 10.7. The van der Waals surface area contributed by atoms with Crippen LogP contribution in [-0.4, -0.2) is 21.6 Å². The number of primary amides is 1. The molecule has 17 heavy (non-hydrogen) atoms. The summed E-state index contributed by atoms with van der Waals surface area (Å²) in [5, 5.41) is 2.02. The Labute approximate surface area is 108 Å². The molecule has 90 valence electrons. The summed E-state index contributed by atoms with van der Waals surface area (Å²) in [6, 6.07) is 2.13. The van der Waals surface area contributed by atoms with E-state index in [2.05, 4.69) is 23.0 Å². The number of carbonyl (C=O) groups is 1. The first-order chi connectivity index (χ1) is 8.20. The molecule has 2 aromatic heterocycles. The molecular weight excluding hydrogens is 254 g/mol. The molecule has 0 saturated carbocycles. The van der Waals surface area contributed by atoms with Crippen molar-refractivity contribution in [3.63, 3.8) is 0 Å². The number of nitrogens with two attached hydrogens (primary N) is 1. The Morgan fingerprint density at radius 2 is 2.35 bits per heavy atom. The lowest BCUT2D eigenvalue weighted by Crippen LogP contribution is -2.10. The molecule has 0 aliphatic rings. The van der Waals surface area contributed by atoms with E-state index in [1.165, 1.54) is 4.88 Å². The van der Waals surface area contributed by atoms with Crippen molar-refractivity contribution in [2.45, 2.75) is 24.8 Å². The second kappa shape index (κ2) is 5.46. The van der Waals surface area contributed by atoms with Crippen LogP contribution in [0.25, 0.3) is 10.2 Å². The van der Waals surface area contributed by atoms with Crippen molar-refractivity contribution in [1.29, 1.82) is 0 Å². The van der Waals surface area contributed by atoms with E-state index >= 15 is 0 Å². The monoisotopic (exact) mass is 267 g/mol. The Hall–Kier alpha value is -1.14. The van der Waals surface area contributed by atoms with Gasteiger partial charge in [-0.3, -0.25) is 4.79 Å². The average molecular weight is 267 g/mol. The Kier molecular flexibility index (Phi) is 3.96. The second-order valence-electron chi connectivity index (χ2n) is 3.53. The van der Waals surface area contributed by atoms with Gasteiger partial charge in [0.05, 0.1) is 0 Å². The van der Waals surface area contributed by atoms with Gasteiger partial charge in [-0.15, -0.1) is 23.1 Å². The van der Waals surface area contributed by atoms with Gasteiger partial charge in [-0.25, -0.2) is 9.97 Å². The van der Waals surface area contributed by atoms with Crippen molar-refractivity contribution in [3.8, 4) is 0 Å². The van der Waals surface area contributed by atoms with E-state index in [0.717, 1.165) is 21.7 Å². The fourth-order valence-electron chi connectivity index (χ4n) is 1.42. The summed E-state index contributed by atoms with van der Waals surface area (Å²) in [7, 11) is 0. The van der Waals surface area contributed by atoms with Crippen LogP contribution in [-0.2, 0) is 11.2 Å². The van der Waals surface area contributed by atoms with Gasteiger partial charge in [0.1, 0.15) is 16.2 Å². The zero-order valence-corrected chi connectivity index (χ0v) is 11.1. The molecule has 0 unspecified atom stereocenters.